The second-order valence-corrected chi connectivity index (χ2v) is 11.7. The van der Waals surface area contributed by atoms with Gasteiger partial charge in [0.15, 0.2) is 6.39 Å². The maximum absolute atomic E-state index is 13.3. The van der Waals surface area contributed by atoms with Gasteiger partial charge in [0.1, 0.15) is 11.5 Å². The number of nitrogens with zero attached hydrogens (tertiary/aromatic N) is 3. The molecule has 1 aromatic heterocycles. The molecule has 1 heterocycles. The molecule has 2 aromatic carbocycles. The van der Waals surface area contributed by atoms with Gasteiger partial charge in [-0.25, -0.2) is 13.4 Å². The molecule has 1 aliphatic carbocycles. The van der Waals surface area contributed by atoms with Gasteiger partial charge in [-0.1, -0.05) is 61.4 Å². The van der Waals surface area contributed by atoms with Gasteiger partial charge in [0.25, 0.3) is 5.91 Å². The number of aromatic nitrogens is 1. The molecule has 9 heteroatoms. The molecule has 1 amide bonds. The minimum absolute atomic E-state index is 0.0273. The van der Waals surface area contributed by atoms with Crippen molar-refractivity contribution in [1.29, 1.82) is 0 Å². The molecule has 3 aromatic rings. The van der Waals surface area contributed by atoms with Gasteiger partial charge in [-0.3, -0.25) is 4.79 Å². The lowest BCUT2D eigenvalue weighted by atomic mass is 10.1. The number of hydrogen-bond donors (Lipinski definition) is 1. The van der Waals surface area contributed by atoms with Gasteiger partial charge < -0.3 is 14.4 Å². The first-order valence-electron chi connectivity index (χ1n) is 12.8. The average molecular weight is 526 g/mol. The van der Waals surface area contributed by atoms with Gasteiger partial charge in [0.2, 0.25) is 10.0 Å². The number of aliphatic hydroxyl groups excluding tert-OH is 1. The van der Waals surface area contributed by atoms with Crippen molar-refractivity contribution < 1.29 is 22.7 Å². The topological polar surface area (TPSA) is 104 Å². The normalized spacial score (nSPS) is 15.2. The third-order valence-electron chi connectivity index (χ3n) is 6.80. The van der Waals surface area contributed by atoms with E-state index >= 15 is 0 Å². The summed E-state index contributed by atoms with van der Waals surface area (Å²) in [5.41, 5.74) is 1.61. The number of aliphatic hydroxyl groups is 1. The van der Waals surface area contributed by atoms with Gasteiger partial charge >= 0.3 is 0 Å². The molecule has 1 aliphatic rings. The van der Waals surface area contributed by atoms with Crippen LogP contribution in [0.3, 0.4) is 0 Å². The summed E-state index contributed by atoms with van der Waals surface area (Å²) in [7, 11) is -3.76. The number of amides is 1. The molecule has 1 fully saturated rings. The van der Waals surface area contributed by atoms with Crippen molar-refractivity contribution >= 4 is 15.9 Å². The summed E-state index contributed by atoms with van der Waals surface area (Å²) in [6, 6.07) is 18.8. The standard InChI is InChI=1S/C28H35N3O5S/c32-26(20-31(18-24-11-7-8-12-24)37(34,35)21-27-17-29-22-36-27)19-30(16-15-23-9-3-1-4-10-23)28(33)25-13-5-2-6-14-25/h1-6,9-10,13-14,17,22,24,26,32H,7-8,11-12,15-16,18-21H2/t26-/m0/s1. The van der Waals surface area contributed by atoms with Crippen LogP contribution in [-0.2, 0) is 22.2 Å². The molecule has 0 radical (unpaired) electrons. The largest absolute Gasteiger partial charge is 0.447 e. The highest BCUT2D eigenvalue weighted by Gasteiger charge is 2.31. The first-order valence-corrected chi connectivity index (χ1v) is 14.4. The van der Waals surface area contributed by atoms with Crippen molar-refractivity contribution in [3.63, 3.8) is 0 Å². The molecule has 1 atom stereocenters. The Morgan fingerprint density at radius 3 is 2.35 bits per heavy atom. The van der Waals surface area contributed by atoms with E-state index in [1.807, 2.05) is 36.4 Å². The van der Waals surface area contributed by atoms with E-state index in [1.165, 1.54) is 16.9 Å². The Morgan fingerprint density at radius 2 is 1.70 bits per heavy atom. The second-order valence-electron chi connectivity index (χ2n) is 9.70. The fourth-order valence-corrected chi connectivity index (χ4v) is 6.38. The first-order chi connectivity index (χ1) is 17.9. The number of benzene rings is 2. The zero-order chi connectivity index (χ0) is 26.1. The Balaban J connectivity index is 1.48. The van der Waals surface area contributed by atoms with E-state index in [2.05, 4.69) is 4.98 Å². The van der Waals surface area contributed by atoms with Crippen molar-refractivity contribution in [2.24, 2.45) is 5.92 Å². The van der Waals surface area contributed by atoms with Gasteiger partial charge in [-0.05, 0) is 42.9 Å². The Hall–Kier alpha value is -3.01. The van der Waals surface area contributed by atoms with Crippen LogP contribution in [0.15, 0.2) is 77.7 Å². The van der Waals surface area contributed by atoms with E-state index in [0.717, 1.165) is 31.2 Å². The van der Waals surface area contributed by atoms with Gasteiger partial charge in [0, 0.05) is 31.7 Å². The summed E-state index contributed by atoms with van der Waals surface area (Å²) < 4.78 is 33.2. The van der Waals surface area contributed by atoms with Crippen molar-refractivity contribution in [2.45, 2.75) is 44.0 Å². The van der Waals surface area contributed by atoms with Crippen molar-refractivity contribution in [3.8, 4) is 0 Å². The van der Waals surface area contributed by atoms with Gasteiger partial charge in [0.05, 0.1) is 12.3 Å². The van der Waals surface area contributed by atoms with Gasteiger partial charge in [-0.2, -0.15) is 4.31 Å². The van der Waals surface area contributed by atoms with E-state index in [4.69, 9.17) is 4.42 Å². The van der Waals surface area contributed by atoms with Crippen molar-refractivity contribution in [1.82, 2.24) is 14.2 Å². The highest BCUT2D eigenvalue weighted by molar-refractivity contribution is 7.88. The molecule has 0 aliphatic heterocycles. The highest BCUT2D eigenvalue weighted by atomic mass is 32.2. The fraction of sp³-hybridized carbons (Fsp3) is 0.429. The van der Waals surface area contributed by atoms with E-state index in [9.17, 15) is 18.3 Å². The quantitative estimate of drug-likeness (QED) is 0.365. The number of hydrogen-bond acceptors (Lipinski definition) is 6. The number of rotatable bonds is 13. The van der Waals surface area contributed by atoms with Crippen LogP contribution in [0, 0.1) is 5.92 Å². The van der Waals surface area contributed by atoms with E-state index in [-0.39, 0.29) is 36.4 Å². The summed E-state index contributed by atoms with van der Waals surface area (Å²) in [6.07, 6.45) is 6.30. The lowest BCUT2D eigenvalue weighted by molar-refractivity contribution is 0.0584. The monoisotopic (exact) mass is 525 g/mol. The molecule has 0 unspecified atom stereocenters. The minimum atomic E-state index is -3.76. The molecule has 4 rings (SSSR count). The lowest BCUT2D eigenvalue weighted by Gasteiger charge is -2.30. The Morgan fingerprint density at radius 1 is 1.03 bits per heavy atom. The summed E-state index contributed by atoms with van der Waals surface area (Å²) in [6.45, 7) is 0.697. The van der Waals surface area contributed by atoms with Crippen LogP contribution < -0.4 is 0 Å². The van der Waals surface area contributed by atoms with Crippen molar-refractivity contribution in [2.75, 3.05) is 26.2 Å². The van der Waals surface area contributed by atoms with Crippen LogP contribution in [-0.4, -0.2) is 65.9 Å². The van der Waals surface area contributed by atoms with E-state index in [1.54, 1.807) is 29.2 Å². The molecular formula is C28H35N3O5S. The SMILES string of the molecule is O=C(c1ccccc1)N(CCc1ccccc1)C[C@H](O)CN(CC1CCCC1)S(=O)(=O)Cc1cnco1. The van der Waals surface area contributed by atoms with E-state index in [0.29, 0.717) is 25.1 Å². The lowest BCUT2D eigenvalue weighted by Crippen LogP contribution is -2.46. The first kappa shape index (κ1) is 27.0. The molecule has 0 bridgehead atoms. The predicted molar refractivity (Wildman–Crippen MR) is 141 cm³/mol. The maximum Gasteiger partial charge on any atom is 0.253 e. The minimum Gasteiger partial charge on any atom is -0.447 e. The average Bonchev–Trinajstić information content (AvgIpc) is 3.61. The molecule has 37 heavy (non-hydrogen) atoms. The molecular weight excluding hydrogens is 490 g/mol. The third-order valence-corrected chi connectivity index (χ3v) is 8.54. The maximum atomic E-state index is 13.3. The smallest absolute Gasteiger partial charge is 0.253 e. The summed E-state index contributed by atoms with van der Waals surface area (Å²) >= 11 is 0. The summed E-state index contributed by atoms with van der Waals surface area (Å²) in [4.78, 5) is 18.8. The molecule has 0 saturated heterocycles. The number of oxazole rings is 1. The van der Waals surface area contributed by atoms with E-state index < -0.39 is 16.1 Å². The second kappa shape index (κ2) is 13.0. The van der Waals surface area contributed by atoms with Gasteiger partial charge in [-0.15, -0.1) is 0 Å². The fourth-order valence-electron chi connectivity index (χ4n) is 4.86. The molecule has 0 spiro atoms. The zero-order valence-electron chi connectivity index (χ0n) is 21.0. The van der Waals surface area contributed by atoms with Crippen LogP contribution in [0.1, 0.15) is 47.4 Å². The molecule has 8 nitrogen and oxygen atoms in total. The third kappa shape index (κ3) is 7.99. The molecule has 1 saturated carbocycles. The summed E-state index contributed by atoms with van der Waals surface area (Å²) in [5.74, 6) is 0.0153. The number of carbonyl (C=O) groups excluding carboxylic acids is 1. The summed E-state index contributed by atoms with van der Waals surface area (Å²) in [5, 5.41) is 11.1. The molecule has 198 valence electrons. The molecule has 1 N–H and O–H groups in total. The van der Waals surface area contributed by atoms with Crippen LogP contribution in [0.25, 0.3) is 0 Å². The number of sulfonamides is 1. The Labute approximate surface area is 219 Å². The van der Waals surface area contributed by atoms with Crippen LogP contribution in [0.5, 0.6) is 0 Å². The Kier molecular flexibility index (Phi) is 9.49. The van der Waals surface area contributed by atoms with Crippen LogP contribution >= 0.6 is 0 Å². The number of carbonyl (C=O) groups is 1. The van der Waals surface area contributed by atoms with Crippen LogP contribution in [0.4, 0.5) is 0 Å². The Bertz CT molecular complexity index is 1200. The highest BCUT2D eigenvalue weighted by Crippen LogP contribution is 2.27. The predicted octanol–water partition coefficient (Wildman–Crippen LogP) is 3.74. The van der Waals surface area contributed by atoms with Crippen LogP contribution in [0.2, 0.25) is 0 Å². The van der Waals surface area contributed by atoms with Crippen molar-refractivity contribution in [3.05, 3.63) is 90.1 Å². The zero-order valence-corrected chi connectivity index (χ0v) is 21.8.